The van der Waals surface area contributed by atoms with E-state index in [1.54, 1.807) is 0 Å². The van der Waals surface area contributed by atoms with Crippen LogP contribution in [0.5, 0.6) is 0 Å². The van der Waals surface area contributed by atoms with Crippen molar-refractivity contribution in [2.75, 3.05) is 6.54 Å². The number of likely N-dealkylation sites (tertiary alicyclic amines) is 1. The Kier molecular flexibility index (Phi) is 5.04. The Morgan fingerprint density at radius 3 is 2.67 bits per heavy atom. The average Bonchev–Trinajstić information content (AvgIpc) is 3.40. The minimum Gasteiger partial charge on any atom is -0.442 e. The third-order valence-corrected chi connectivity index (χ3v) is 5.88. The first-order valence-electron chi connectivity index (χ1n) is 10.2. The van der Waals surface area contributed by atoms with Crippen LogP contribution in [0.15, 0.2) is 34.7 Å². The summed E-state index contributed by atoms with van der Waals surface area (Å²) < 4.78 is 6.25. The van der Waals surface area contributed by atoms with Gasteiger partial charge in [0, 0.05) is 30.0 Å². The molecule has 1 saturated carbocycles. The van der Waals surface area contributed by atoms with Crippen LogP contribution in [0.3, 0.4) is 0 Å². The zero-order valence-corrected chi connectivity index (χ0v) is 16.2. The van der Waals surface area contributed by atoms with E-state index in [1.165, 1.54) is 0 Å². The normalized spacial score (nSPS) is 25.5. The predicted molar refractivity (Wildman–Crippen MR) is 105 cm³/mol. The molecule has 4 rings (SSSR count). The Labute approximate surface area is 160 Å². The van der Waals surface area contributed by atoms with Crippen molar-refractivity contribution in [3.63, 3.8) is 0 Å². The van der Waals surface area contributed by atoms with E-state index in [4.69, 9.17) is 15.1 Å². The summed E-state index contributed by atoms with van der Waals surface area (Å²) in [5, 5.41) is 0. The molecule has 27 heavy (non-hydrogen) atoms. The maximum atomic E-state index is 13.1. The standard InChI is InChI=1S/C22H29N3O2/c1-14(2)20-19(15-7-4-3-5-8-15)24-21(27-20)18-9-6-12-25(18)22(26)16-10-11-17(23)13-16/h3-5,7-8,14,16-18H,6,9-13,23H2,1-2H3. The summed E-state index contributed by atoms with van der Waals surface area (Å²) >= 11 is 0. The molecule has 1 aromatic heterocycles. The molecule has 1 aliphatic heterocycles. The van der Waals surface area contributed by atoms with Gasteiger partial charge < -0.3 is 15.1 Å². The van der Waals surface area contributed by atoms with E-state index >= 15 is 0 Å². The molecular formula is C22H29N3O2. The van der Waals surface area contributed by atoms with E-state index in [1.807, 2.05) is 23.1 Å². The van der Waals surface area contributed by atoms with Gasteiger partial charge in [0.05, 0.1) is 0 Å². The number of hydrogen-bond donors (Lipinski definition) is 1. The second-order valence-corrected chi connectivity index (χ2v) is 8.25. The fourth-order valence-electron chi connectivity index (χ4n) is 4.45. The third-order valence-electron chi connectivity index (χ3n) is 5.88. The zero-order chi connectivity index (χ0) is 19.0. The SMILES string of the molecule is CC(C)c1oc(C2CCCN2C(=O)C2CCC(N)C2)nc1-c1ccccc1. The number of carbonyl (C=O) groups is 1. The molecule has 1 aliphatic carbocycles. The maximum absolute atomic E-state index is 13.1. The molecular weight excluding hydrogens is 338 g/mol. The van der Waals surface area contributed by atoms with E-state index < -0.39 is 0 Å². The summed E-state index contributed by atoms with van der Waals surface area (Å²) in [5.41, 5.74) is 8.00. The van der Waals surface area contributed by atoms with Gasteiger partial charge in [0.15, 0.2) is 0 Å². The van der Waals surface area contributed by atoms with Crippen molar-refractivity contribution < 1.29 is 9.21 Å². The summed E-state index contributed by atoms with van der Waals surface area (Å²) in [5.74, 6) is 2.12. The van der Waals surface area contributed by atoms with Gasteiger partial charge in [0.1, 0.15) is 17.5 Å². The number of carbonyl (C=O) groups excluding carboxylic acids is 1. The Morgan fingerprint density at radius 1 is 1.22 bits per heavy atom. The number of amides is 1. The fraction of sp³-hybridized carbons (Fsp3) is 0.545. The molecule has 0 radical (unpaired) electrons. The molecule has 3 atom stereocenters. The Balaban J connectivity index is 1.63. The van der Waals surface area contributed by atoms with E-state index in [0.29, 0.717) is 5.89 Å². The molecule has 144 valence electrons. The molecule has 2 fully saturated rings. The van der Waals surface area contributed by atoms with Gasteiger partial charge in [-0.05, 0) is 32.1 Å². The second-order valence-electron chi connectivity index (χ2n) is 8.25. The van der Waals surface area contributed by atoms with Crippen LogP contribution in [0, 0.1) is 5.92 Å². The van der Waals surface area contributed by atoms with Crippen molar-refractivity contribution in [2.45, 2.75) is 64.0 Å². The number of oxazole rings is 1. The summed E-state index contributed by atoms with van der Waals surface area (Å²) in [6.45, 7) is 5.03. The van der Waals surface area contributed by atoms with Crippen LogP contribution in [0.2, 0.25) is 0 Å². The summed E-state index contributed by atoms with van der Waals surface area (Å²) in [6, 6.07) is 10.3. The van der Waals surface area contributed by atoms with Crippen molar-refractivity contribution in [3.05, 3.63) is 42.0 Å². The lowest BCUT2D eigenvalue weighted by Gasteiger charge is -2.25. The van der Waals surface area contributed by atoms with Crippen LogP contribution >= 0.6 is 0 Å². The number of hydrogen-bond acceptors (Lipinski definition) is 4. The highest BCUT2D eigenvalue weighted by molar-refractivity contribution is 5.80. The predicted octanol–water partition coefficient (Wildman–Crippen LogP) is 4.26. The molecule has 2 heterocycles. The first kappa shape index (κ1) is 18.2. The number of aromatic nitrogens is 1. The van der Waals surface area contributed by atoms with Gasteiger partial charge in [-0.15, -0.1) is 0 Å². The van der Waals surface area contributed by atoms with Gasteiger partial charge in [-0.2, -0.15) is 0 Å². The molecule has 0 spiro atoms. The van der Waals surface area contributed by atoms with Crippen LogP contribution in [0.4, 0.5) is 0 Å². The van der Waals surface area contributed by atoms with Crippen LogP contribution in [0.25, 0.3) is 11.3 Å². The van der Waals surface area contributed by atoms with Crippen LogP contribution in [-0.2, 0) is 4.79 Å². The molecule has 0 bridgehead atoms. The van der Waals surface area contributed by atoms with Crippen LogP contribution < -0.4 is 5.73 Å². The van der Waals surface area contributed by atoms with E-state index in [-0.39, 0.29) is 29.8 Å². The van der Waals surface area contributed by atoms with Gasteiger partial charge in [-0.25, -0.2) is 4.98 Å². The second kappa shape index (κ2) is 7.47. The number of rotatable bonds is 4. The van der Waals surface area contributed by atoms with Crippen LogP contribution in [0.1, 0.15) is 69.6 Å². The largest absolute Gasteiger partial charge is 0.442 e. The minimum absolute atomic E-state index is 0.0516. The highest BCUT2D eigenvalue weighted by atomic mass is 16.4. The Morgan fingerprint density at radius 2 is 2.00 bits per heavy atom. The molecule has 1 aromatic carbocycles. The van der Waals surface area contributed by atoms with Crippen molar-refractivity contribution in [1.82, 2.24) is 9.88 Å². The van der Waals surface area contributed by atoms with E-state index in [9.17, 15) is 4.79 Å². The first-order valence-corrected chi connectivity index (χ1v) is 10.2. The number of nitrogens with zero attached hydrogens (tertiary/aromatic N) is 2. The summed E-state index contributed by atoms with van der Waals surface area (Å²) in [4.78, 5) is 19.9. The van der Waals surface area contributed by atoms with E-state index in [2.05, 4.69) is 26.0 Å². The van der Waals surface area contributed by atoms with Gasteiger partial charge in [-0.3, -0.25) is 4.79 Å². The third kappa shape index (κ3) is 3.53. The van der Waals surface area contributed by atoms with Gasteiger partial charge >= 0.3 is 0 Å². The summed E-state index contributed by atoms with van der Waals surface area (Å²) in [7, 11) is 0. The average molecular weight is 367 g/mol. The van der Waals surface area contributed by atoms with E-state index in [0.717, 1.165) is 55.7 Å². The van der Waals surface area contributed by atoms with Gasteiger partial charge in [-0.1, -0.05) is 44.2 Å². The smallest absolute Gasteiger partial charge is 0.226 e. The first-order chi connectivity index (χ1) is 13.0. The Bertz CT molecular complexity index is 799. The van der Waals surface area contributed by atoms with Gasteiger partial charge in [0.2, 0.25) is 11.8 Å². The lowest BCUT2D eigenvalue weighted by molar-refractivity contribution is -0.136. The topological polar surface area (TPSA) is 72.4 Å². The molecule has 5 heteroatoms. The molecule has 5 nitrogen and oxygen atoms in total. The lowest BCUT2D eigenvalue weighted by atomic mass is 10.0. The highest BCUT2D eigenvalue weighted by Gasteiger charge is 2.39. The number of benzene rings is 1. The molecule has 2 aliphatic rings. The molecule has 1 saturated heterocycles. The quantitative estimate of drug-likeness (QED) is 0.876. The monoisotopic (exact) mass is 367 g/mol. The van der Waals surface area contributed by atoms with Crippen molar-refractivity contribution in [1.29, 1.82) is 0 Å². The lowest BCUT2D eigenvalue weighted by Crippen LogP contribution is -2.35. The number of nitrogens with two attached hydrogens (primary N) is 1. The van der Waals surface area contributed by atoms with Crippen LogP contribution in [-0.4, -0.2) is 28.4 Å². The van der Waals surface area contributed by atoms with Crippen molar-refractivity contribution in [2.24, 2.45) is 11.7 Å². The highest BCUT2D eigenvalue weighted by Crippen LogP contribution is 2.39. The van der Waals surface area contributed by atoms with Gasteiger partial charge in [0.25, 0.3) is 0 Å². The molecule has 2 aromatic rings. The zero-order valence-electron chi connectivity index (χ0n) is 16.2. The fourth-order valence-corrected chi connectivity index (χ4v) is 4.45. The molecule has 1 amide bonds. The Hall–Kier alpha value is -2.14. The van der Waals surface area contributed by atoms with Crippen molar-refractivity contribution >= 4 is 5.91 Å². The minimum atomic E-state index is -0.0516. The summed E-state index contributed by atoms with van der Waals surface area (Å²) in [6.07, 6.45) is 4.57. The molecule has 3 unspecified atom stereocenters. The molecule has 2 N–H and O–H groups in total. The maximum Gasteiger partial charge on any atom is 0.226 e. The van der Waals surface area contributed by atoms with Crippen molar-refractivity contribution in [3.8, 4) is 11.3 Å².